The highest BCUT2D eigenvalue weighted by Crippen LogP contribution is 2.10. The van der Waals surface area contributed by atoms with Gasteiger partial charge in [-0.2, -0.15) is 0 Å². The summed E-state index contributed by atoms with van der Waals surface area (Å²) in [5.41, 5.74) is 1.76. The molecule has 5 nitrogen and oxygen atoms in total. The molecule has 1 heterocycles. The second-order valence-corrected chi connectivity index (χ2v) is 4.76. The molecule has 2 amide bonds. The lowest BCUT2D eigenvalue weighted by Gasteiger charge is -2.11. The Morgan fingerprint density at radius 2 is 2.10 bits per heavy atom. The second-order valence-electron chi connectivity index (χ2n) is 4.76. The second kappa shape index (κ2) is 6.21. The molecule has 0 saturated carbocycles. The van der Waals surface area contributed by atoms with E-state index in [4.69, 9.17) is 0 Å². The number of benzene rings is 1. The third-order valence-electron chi connectivity index (χ3n) is 3.03. The number of aryl methyl sites for hydroxylation is 2. The van der Waals surface area contributed by atoms with E-state index in [9.17, 15) is 14.0 Å². The summed E-state index contributed by atoms with van der Waals surface area (Å²) in [4.78, 5) is 23.2. The van der Waals surface area contributed by atoms with Gasteiger partial charge in [0.2, 0.25) is 0 Å². The van der Waals surface area contributed by atoms with Crippen LogP contribution in [0.15, 0.2) is 41.3 Å². The number of carbonyl (C=O) groups is 1. The zero-order chi connectivity index (χ0) is 15.4. The van der Waals surface area contributed by atoms with Gasteiger partial charge in [-0.05, 0) is 30.2 Å². The Hall–Kier alpha value is -2.63. The van der Waals surface area contributed by atoms with E-state index in [-0.39, 0.29) is 17.9 Å². The number of hydrogen-bond acceptors (Lipinski definition) is 2. The number of rotatable bonds is 3. The molecule has 0 saturated heterocycles. The number of carbonyl (C=O) groups excluding carboxylic acids is 1. The summed E-state index contributed by atoms with van der Waals surface area (Å²) in [5, 5.41) is 5.29. The molecular weight excluding hydrogens is 273 g/mol. The number of anilines is 1. The number of hydrogen-bond donors (Lipinski definition) is 2. The highest BCUT2D eigenvalue weighted by molar-refractivity contribution is 5.89. The highest BCUT2D eigenvalue weighted by Gasteiger charge is 2.06. The van der Waals surface area contributed by atoms with Gasteiger partial charge in [-0.15, -0.1) is 0 Å². The Kier molecular flexibility index (Phi) is 4.37. The van der Waals surface area contributed by atoms with E-state index in [1.807, 2.05) is 0 Å². The van der Waals surface area contributed by atoms with Crippen LogP contribution in [-0.4, -0.2) is 10.6 Å². The van der Waals surface area contributed by atoms with Crippen LogP contribution in [0, 0.1) is 12.7 Å². The van der Waals surface area contributed by atoms with Gasteiger partial charge in [0.25, 0.3) is 5.56 Å². The fourth-order valence-corrected chi connectivity index (χ4v) is 1.85. The maximum absolute atomic E-state index is 13.0. The van der Waals surface area contributed by atoms with E-state index in [1.54, 1.807) is 32.3 Å². The minimum Gasteiger partial charge on any atom is -0.334 e. The molecule has 0 fully saturated rings. The largest absolute Gasteiger partial charge is 0.334 e. The molecule has 0 aliphatic heterocycles. The predicted octanol–water partition coefficient (Wildman–Crippen LogP) is 2.15. The van der Waals surface area contributed by atoms with E-state index in [0.717, 1.165) is 0 Å². The van der Waals surface area contributed by atoms with Crippen molar-refractivity contribution in [2.24, 2.45) is 7.05 Å². The number of nitrogens with one attached hydrogen (secondary N) is 2. The van der Waals surface area contributed by atoms with E-state index in [1.165, 1.54) is 22.8 Å². The van der Waals surface area contributed by atoms with Crippen LogP contribution in [0.2, 0.25) is 0 Å². The SMILES string of the molecule is Cc1cc(=O)n(C)cc1NC(=O)NCc1cccc(F)c1. The number of urea groups is 1. The van der Waals surface area contributed by atoms with Gasteiger partial charge in [-0.25, -0.2) is 9.18 Å². The van der Waals surface area contributed by atoms with Crippen LogP contribution in [0.25, 0.3) is 0 Å². The first kappa shape index (κ1) is 14.8. The van der Waals surface area contributed by atoms with E-state index in [0.29, 0.717) is 16.8 Å². The van der Waals surface area contributed by atoms with Gasteiger partial charge in [0.1, 0.15) is 5.82 Å². The van der Waals surface area contributed by atoms with Gasteiger partial charge in [-0.3, -0.25) is 4.79 Å². The highest BCUT2D eigenvalue weighted by atomic mass is 19.1. The van der Waals surface area contributed by atoms with Crippen molar-refractivity contribution in [1.82, 2.24) is 9.88 Å². The number of amides is 2. The molecule has 2 aromatic rings. The van der Waals surface area contributed by atoms with Crippen molar-refractivity contribution in [1.29, 1.82) is 0 Å². The predicted molar refractivity (Wildman–Crippen MR) is 78.7 cm³/mol. The van der Waals surface area contributed by atoms with Crippen LogP contribution in [0.5, 0.6) is 0 Å². The van der Waals surface area contributed by atoms with Crippen LogP contribution in [0.4, 0.5) is 14.9 Å². The quantitative estimate of drug-likeness (QED) is 0.909. The average Bonchev–Trinajstić information content (AvgIpc) is 2.43. The minimum atomic E-state index is -0.416. The van der Waals surface area contributed by atoms with Crippen molar-refractivity contribution in [3.63, 3.8) is 0 Å². The summed E-state index contributed by atoms with van der Waals surface area (Å²) in [6.45, 7) is 1.96. The summed E-state index contributed by atoms with van der Waals surface area (Å²) in [6.07, 6.45) is 1.55. The smallest absolute Gasteiger partial charge is 0.319 e. The van der Waals surface area contributed by atoms with Crippen molar-refractivity contribution in [2.75, 3.05) is 5.32 Å². The molecule has 0 bridgehead atoms. The van der Waals surface area contributed by atoms with Crippen molar-refractivity contribution in [3.8, 4) is 0 Å². The number of aromatic nitrogens is 1. The van der Waals surface area contributed by atoms with Crippen LogP contribution < -0.4 is 16.2 Å². The maximum atomic E-state index is 13.0. The molecule has 1 aromatic heterocycles. The fraction of sp³-hybridized carbons (Fsp3) is 0.200. The van der Waals surface area contributed by atoms with Gasteiger partial charge >= 0.3 is 6.03 Å². The molecule has 0 atom stereocenters. The average molecular weight is 289 g/mol. The lowest BCUT2D eigenvalue weighted by atomic mass is 10.2. The van der Waals surface area contributed by atoms with Crippen molar-refractivity contribution >= 4 is 11.7 Å². The monoisotopic (exact) mass is 289 g/mol. The van der Waals surface area contributed by atoms with Crippen LogP contribution in [-0.2, 0) is 13.6 Å². The van der Waals surface area contributed by atoms with Crippen molar-refractivity contribution in [3.05, 3.63) is 63.8 Å². The Morgan fingerprint density at radius 1 is 1.33 bits per heavy atom. The topological polar surface area (TPSA) is 63.1 Å². The number of pyridine rings is 1. The summed E-state index contributed by atoms with van der Waals surface area (Å²) < 4.78 is 14.4. The maximum Gasteiger partial charge on any atom is 0.319 e. The molecule has 2 N–H and O–H groups in total. The number of halogens is 1. The van der Waals surface area contributed by atoms with Crippen LogP contribution >= 0.6 is 0 Å². The summed E-state index contributed by atoms with van der Waals surface area (Å²) >= 11 is 0. The molecule has 0 spiro atoms. The number of nitrogens with zero attached hydrogens (tertiary/aromatic N) is 1. The molecule has 0 unspecified atom stereocenters. The van der Waals surface area contributed by atoms with Crippen LogP contribution in [0.1, 0.15) is 11.1 Å². The van der Waals surface area contributed by atoms with Gasteiger partial charge in [-0.1, -0.05) is 12.1 Å². The summed E-state index contributed by atoms with van der Waals surface area (Å²) in [7, 11) is 1.61. The first-order valence-corrected chi connectivity index (χ1v) is 6.42. The van der Waals surface area contributed by atoms with E-state index < -0.39 is 6.03 Å². The minimum absolute atomic E-state index is 0.141. The lowest BCUT2D eigenvalue weighted by molar-refractivity contribution is 0.251. The molecular formula is C15H16FN3O2. The van der Waals surface area contributed by atoms with E-state index >= 15 is 0 Å². The first-order valence-electron chi connectivity index (χ1n) is 6.42. The molecule has 21 heavy (non-hydrogen) atoms. The normalized spacial score (nSPS) is 10.2. The Bertz CT molecular complexity index is 725. The Balaban J connectivity index is 1.99. The lowest BCUT2D eigenvalue weighted by Crippen LogP contribution is -2.29. The molecule has 1 aromatic carbocycles. The fourth-order valence-electron chi connectivity index (χ4n) is 1.85. The van der Waals surface area contributed by atoms with Gasteiger partial charge in [0, 0.05) is 25.9 Å². The van der Waals surface area contributed by atoms with Crippen molar-refractivity contribution in [2.45, 2.75) is 13.5 Å². The molecule has 0 aliphatic rings. The molecule has 0 aliphatic carbocycles. The summed E-state index contributed by atoms with van der Waals surface area (Å²) in [6, 6.07) is 7.04. The Labute approximate surface area is 121 Å². The van der Waals surface area contributed by atoms with Crippen LogP contribution in [0.3, 0.4) is 0 Å². The van der Waals surface area contributed by atoms with Gasteiger partial charge in [0.15, 0.2) is 0 Å². The molecule has 0 radical (unpaired) electrons. The van der Waals surface area contributed by atoms with Gasteiger partial charge < -0.3 is 15.2 Å². The standard InChI is InChI=1S/C15H16FN3O2/c1-10-6-14(20)19(2)9-13(10)18-15(21)17-8-11-4-3-5-12(16)7-11/h3-7,9H,8H2,1-2H3,(H2,17,18,21). The Morgan fingerprint density at radius 3 is 2.81 bits per heavy atom. The summed E-state index contributed by atoms with van der Waals surface area (Å²) in [5.74, 6) is -0.344. The zero-order valence-corrected chi connectivity index (χ0v) is 11.8. The van der Waals surface area contributed by atoms with Crippen molar-refractivity contribution < 1.29 is 9.18 Å². The molecule has 6 heteroatoms. The van der Waals surface area contributed by atoms with Gasteiger partial charge in [0.05, 0.1) is 5.69 Å². The molecule has 110 valence electrons. The third kappa shape index (κ3) is 3.92. The molecule has 2 rings (SSSR count). The zero-order valence-electron chi connectivity index (χ0n) is 11.8. The first-order chi connectivity index (χ1) is 9.95. The van der Waals surface area contributed by atoms with E-state index in [2.05, 4.69) is 10.6 Å². The third-order valence-corrected chi connectivity index (χ3v) is 3.03.